The molecular weight excluding hydrogens is 269 g/mol. The normalized spacial score (nSPS) is 16.1. The van der Waals surface area contributed by atoms with Gasteiger partial charge in [-0.3, -0.25) is 0 Å². The molecule has 118 valence electrons. The fourth-order valence-corrected chi connectivity index (χ4v) is 2.37. The van der Waals surface area contributed by atoms with Gasteiger partial charge in [0.1, 0.15) is 5.82 Å². The maximum atomic E-state index is 13.8. The maximum absolute atomic E-state index is 13.8. The average Bonchev–Trinajstić information content (AvgIpc) is 3.30. The van der Waals surface area contributed by atoms with Crippen LogP contribution in [0.25, 0.3) is 0 Å². The zero-order valence-corrected chi connectivity index (χ0v) is 12.8. The second-order valence-electron chi connectivity index (χ2n) is 5.74. The lowest BCUT2D eigenvalue weighted by molar-refractivity contribution is 0.0635. The van der Waals surface area contributed by atoms with Crippen molar-refractivity contribution in [3.63, 3.8) is 0 Å². The van der Waals surface area contributed by atoms with E-state index < -0.39 is 0 Å². The highest BCUT2D eigenvalue weighted by molar-refractivity contribution is 5.17. The minimum Gasteiger partial charge on any atom is -0.382 e. The molecule has 1 unspecified atom stereocenters. The van der Waals surface area contributed by atoms with Crippen molar-refractivity contribution in [1.82, 2.24) is 5.32 Å². The lowest BCUT2D eigenvalue weighted by Gasteiger charge is -2.18. The number of methoxy groups -OCH3 is 1. The lowest BCUT2D eigenvalue weighted by Crippen LogP contribution is -2.27. The van der Waals surface area contributed by atoms with E-state index in [0.29, 0.717) is 31.8 Å². The quantitative estimate of drug-likeness (QED) is 0.637. The molecule has 3 nitrogen and oxygen atoms in total. The van der Waals surface area contributed by atoms with Crippen molar-refractivity contribution < 1.29 is 13.9 Å². The van der Waals surface area contributed by atoms with Gasteiger partial charge in [0, 0.05) is 19.8 Å². The Balaban J connectivity index is 1.77. The highest BCUT2D eigenvalue weighted by atomic mass is 19.1. The number of nitrogens with one attached hydrogen (secondary N) is 1. The summed E-state index contributed by atoms with van der Waals surface area (Å²) in [4.78, 5) is 0. The summed E-state index contributed by atoms with van der Waals surface area (Å²) in [5.41, 5.74) is 0.803. The number of benzene rings is 1. The second kappa shape index (κ2) is 9.13. The number of halogens is 1. The van der Waals surface area contributed by atoms with Crippen LogP contribution in [-0.4, -0.2) is 39.5 Å². The summed E-state index contributed by atoms with van der Waals surface area (Å²) in [7, 11) is 1.67. The van der Waals surface area contributed by atoms with E-state index in [1.54, 1.807) is 13.2 Å². The standard InChI is InChI=1S/C17H26FNO2/c1-20-10-11-21-9-8-14(13-19-16-6-7-16)12-15-4-2-3-5-17(15)18/h2-5,14,16,19H,6-13H2,1H3. The van der Waals surface area contributed by atoms with Crippen molar-refractivity contribution in [2.24, 2.45) is 5.92 Å². The SMILES string of the molecule is COCCOCCC(CNC1CC1)Cc1ccccc1F. The van der Waals surface area contributed by atoms with Gasteiger partial charge in [-0.2, -0.15) is 0 Å². The third-order valence-electron chi connectivity index (χ3n) is 3.84. The second-order valence-corrected chi connectivity index (χ2v) is 5.74. The summed E-state index contributed by atoms with van der Waals surface area (Å²) >= 11 is 0. The van der Waals surface area contributed by atoms with E-state index >= 15 is 0 Å². The Morgan fingerprint density at radius 2 is 2.05 bits per heavy atom. The molecular formula is C17H26FNO2. The molecule has 0 saturated heterocycles. The molecule has 1 saturated carbocycles. The summed E-state index contributed by atoms with van der Waals surface area (Å²) in [6.45, 7) is 2.89. The number of hydrogen-bond acceptors (Lipinski definition) is 3. The summed E-state index contributed by atoms with van der Waals surface area (Å²) < 4.78 is 24.3. The first-order chi connectivity index (χ1) is 10.3. The lowest BCUT2D eigenvalue weighted by atomic mass is 9.96. The van der Waals surface area contributed by atoms with Gasteiger partial charge < -0.3 is 14.8 Å². The maximum Gasteiger partial charge on any atom is 0.126 e. The molecule has 1 aliphatic carbocycles. The molecule has 1 atom stereocenters. The first-order valence-corrected chi connectivity index (χ1v) is 7.83. The minimum atomic E-state index is -0.103. The molecule has 1 N–H and O–H groups in total. The van der Waals surface area contributed by atoms with E-state index in [1.807, 2.05) is 12.1 Å². The molecule has 0 radical (unpaired) electrons. The molecule has 0 aromatic heterocycles. The van der Waals surface area contributed by atoms with E-state index in [-0.39, 0.29) is 5.82 Å². The van der Waals surface area contributed by atoms with Gasteiger partial charge in [0.25, 0.3) is 0 Å². The predicted octanol–water partition coefficient (Wildman–Crippen LogP) is 2.79. The highest BCUT2D eigenvalue weighted by Crippen LogP contribution is 2.21. The van der Waals surface area contributed by atoms with Gasteiger partial charge in [-0.25, -0.2) is 4.39 Å². The summed E-state index contributed by atoms with van der Waals surface area (Å²) in [6.07, 6.45) is 4.26. The molecule has 1 aromatic rings. The number of ether oxygens (including phenoxy) is 2. The van der Waals surface area contributed by atoms with Crippen molar-refractivity contribution in [2.45, 2.75) is 31.7 Å². The fourth-order valence-electron chi connectivity index (χ4n) is 2.37. The van der Waals surface area contributed by atoms with Crippen molar-refractivity contribution in [2.75, 3.05) is 33.5 Å². The third kappa shape index (κ3) is 6.55. The molecule has 1 aromatic carbocycles. The van der Waals surface area contributed by atoms with Crippen LogP contribution in [0.2, 0.25) is 0 Å². The van der Waals surface area contributed by atoms with Crippen LogP contribution in [0.4, 0.5) is 4.39 Å². The number of rotatable bonds is 11. The van der Waals surface area contributed by atoms with E-state index in [2.05, 4.69) is 5.32 Å². The first kappa shape index (κ1) is 16.4. The van der Waals surface area contributed by atoms with E-state index in [0.717, 1.165) is 24.9 Å². The Labute approximate surface area is 126 Å². The molecule has 0 spiro atoms. The fraction of sp³-hybridized carbons (Fsp3) is 0.647. The summed E-state index contributed by atoms with van der Waals surface area (Å²) in [5.74, 6) is 0.305. The molecule has 2 rings (SSSR count). The smallest absolute Gasteiger partial charge is 0.126 e. The third-order valence-corrected chi connectivity index (χ3v) is 3.84. The predicted molar refractivity (Wildman–Crippen MR) is 81.9 cm³/mol. The Morgan fingerprint density at radius 3 is 2.76 bits per heavy atom. The minimum absolute atomic E-state index is 0.103. The van der Waals surface area contributed by atoms with E-state index in [4.69, 9.17) is 9.47 Å². The van der Waals surface area contributed by atoms with Crippen molar-refractivity contribution in [1.29, 1.82) is 0 Å². The molecule has 0 bridgehead atoms. The van der Waals surface area contributed by atoms with Crippen molar-refractivity contribution >= 4 is 0 Å². The monoisotopic (exact) mass is 295 g/mol. The molecule has 1 aliphatic rings. The van der Waals surface area contributed by atoms with Crippen LogP contribution in [0.15, 0.2) is 24.3 Å². The van der Waals surface area contributed by atoms with Gasteiger partial charge in [0.2, 0.25) is 0 Å². The van der Waals surface area contributed by atoms with E-state index in [1.165, 1.54) is 18.9 Å². The van der Waals surface area contributed by atoms with Crippen molar-refractivity contribution in [3.05, 3.63) is 35.6 Å². The van der Waals surface area contributed by atoms with Crippen LogP contribution in [0.3, 0.4) is 0 Å². The van der Waals surface area contributed by atoms with Gasteiger partial charge in [-0.15, -0.1) is 0 Å². The number of hydrogen-bond donors (Lipinski definition) is 1. The Hall–Kier alpha value is -0.970. The van der Waals surface area contributed by atoms with Gasteiger partial charge in [-0.05, 0) is 49.8 Å². The molecule has 4 heteroatoms. The zero-order valence-electron chi connectivity index (χ0n) is 12.8. The largest absolute Gasteiger partial charge is 0.382 e. The van der Waals surface area contributed by atoms with E-state index in [9.17, 15) is 4.39 Å². The average molecular weight is 295 g/mol. The first-order valence-electron chi connectivity index (χ1n) is 7.83. The van der Waals surface area contributed by atoms with Crippen molar-refractivity contribution in [3.8, 4) is 0 Å². The molecule has 1 fully saturated rings. The van der Waals surface area contributed by atoms with Gasteiger partial charge in [0.05, 0.1) is 13.2 Å². The van der Waals surface area contributed by atoms with Crippen LogP contribution in [0.1, 0.15) is 24.8 Å². The van der Waals surface area contributed by atoms with Gasteiger partial charge in [-0.1, -0.05) is 18.2 Å². The van der Waals surface area contributed by atoms with Crippen LogP contribution in [0.5, 0.6) is 0 Å². The molecule has 0 aliphatic heterocycles. The summed E-state index contributed by atoms with van der Waals surface area (Å²) in [6, 6.07) is 7.74. The zero-order chi connectivity index (χ0) is 14.9. The molecule has 0 amide bonds. The van der Waals surface area contributed by atoms with Crippen LogP contribution in [0, 0.1) is 11.7 Å². The Morgan fingerprint density at radius 1 is 1.24 bits per heavy atom. The van der Waals surface area contributed by atoms with Crippen LogP contribution in [-0.2, 0) is 15.9 Å². The van der Waals surface area contributed by atoms with Crippen LogP contribution < -0.4 is 5.32 Å². The van der Waals surface area contributed by atoms with Gasteiger partial charge in [0.15, 0.2) is 0 Å². The highest BCUT2D eigenvalue weighted by Gasteiger charge is 2.22. The Bertz CT molecular complexity index is 410. The Kier molecular flexibility index (Phi) is 7.13. The summed E-state index contributed by atoms with van der Waals surface area (Å²) in [5, 5.41) is 3.55. The van der Waals surface area contributed by atoms with Gasteiger partial charge >= 0.3 is 0 Å². The molecule has 21 heavy (non-hydrogen) atoms. The van der Waals surface area contributed by atoms with Crippen LogP contribution >= 0.6 is 0 Å². The molecule has 0 heterocycles. The topological polar surface area (TPSA) is 30.5 Å².